The lowest BCUT2D eigenvalue weighted by molar-refractivity contribution is -0.200. The SMILES string of the molecule is C[C@]12C=CC(=O)C=C1CC[C@@H]1[C@@H]2[C@@H](O)C[C@@]2(C)[C@H]1CC1O[C@@H](c3ccc(Cc4cc(N)cc5ncoc45)cc3)O[C@]12C(=O)COP(=O)(O)O. The number of Topliss-reactive ketones (excluding diaryl/α,β-unsaturated/α-hetero) is 1. The van der Waals surface area contributed by atoms with Gasteiger partial charge in [-0.05, 0) is 67.4 Å². The van der Waals surface area contributed by atoms with Crippen molar-refractivity contribution in [3.05, 3.63) is 83.3 Å². The monoisotopic (exact) mass is 690 g/mol. The molecule has 0 bridgehead atoms. The summed E-state index contributed by atoms with van der Waals surface area (Å²) in [5.74, 6) is -0.986. The lowest BCUT2D eigenvalue weighted by Gasteiger charge is -2.59. The van der Waals surface area contributed by atoms with Crippen LogP contribution in [0.15, 0.2) is 71.0 Å². The fourth-order valence-electron chi connectivity index (χ4n) is 10.2. The Balaban J connectivity index is 1.10. The van der Waals surface area contributed by atoms with Crippen LogP contribution in [0.3, 0.4) is 0 Å². The van der Waals surface area contributed by atoms with Crippen LogP contribution in [0.25, 0.3) is 11.1 Å². The van der Waals surface area contributed by atoms with Gasteiger partial charge in [-0.3, -0.25) is 14.1 Å². The van der Waals surface area contributed by atoms with E-state index in [0.717, 1.165) is 23.1 Å². The van der Waals surface area contributed by atoms with Crippen molar-refractivity contribution >= 4 is 36.2 Å². The first kappa shape index (κ1) is 32.7. The zero-order valence-corrected chi connectivity index (χ0v) is 28.0. The molecule has 49 heavy (non-hydrogen) atoms. The molecule has 4 fully saturated rings. The number of carbonyl (C=O) groups excluding carboxylic acids is 2. The number of benzene rings is 2. The summed E-state index contributed by atoms with van der Waals surface area (Å²) < 4.78 is 35.4. The van der Waals surface area contributed by atoms with E-state index in [1.54, 1.807) is 18.2 Å². The van der Waals surface area contributed by atoms with Gasteiger partial charge < -0.3 is 34.5 Å². The molecule has 4 aliphatic carbocycles. The number of fused-ring (bicyclic) bond motifs is 8. The number of phosphoric acid groups is 1. The number of aliphatic hydroxyl groups is 1. The summed E-state index contributed by atoms with van der Waals surface area (Å²) >= 11 is 0. The van der Waals surface area contributed by atoms with E-state index >= 15 is 0 Å². The molecule has 1 unspecified atom stereocenters. The van der Waals surface area contributed by atoms with E-state index in [1.807, 2.05) is 43.3 Å². The Labute approximate surface area is 282 Å². The number of anilines is 1. The summed E-state index contributed by atoms with van der Waals surface area (Å²) in [6.07, 6.45) is 6.66. The molecule has 5 N–H and O–H groups in total. The van der Waals surface area contributed by atoms with Crippen molar-refractivity contribution in [3.63, 3.8) is 0 Å². The Hall–Kier alpha value is -3.48. The van der Waals surface area contributed by atoms with Crippen molar-refractivity contribution < 1.29 is 47.5 Å². The molecule has 9 atom stereocenters. The van der Waals surface area contributed by atoms with Gasteiger partial charge in [0.2, 0.25) is 0 Å². The Morgan fingerprint density at radius 1 is 1.18 bits per heavy atom. The number of hydrogen-bond donors (Lipinski definition) is 4. The van der Waals surface area contributed by atoms with E-state index in [4.69, 9.17) is 24.1 Å². The standard InChI is InChI=1S/C36H39N2O10P/c1-34-10-9-24(39)13-22(34)7-8-25-26-15-30-36(29(41)17-46-49(42,43)44,35(26,2)16-28(40)31(25)34)48-33(47-30)20-5-3-19(4-6-20)11-21-12-23(37)14-27-32(21)45-18-38-27/h3-6,9-10,12-14,18,25-26,28,30-31,33,40H,7-8,11,15-17,37H2,1-2H3,(H2,42,43,44)/t25-,26-,28-,30?,31+,33+,34-,35-,36+/m0/s1. The number of allylic oxidation sites excluding steroid dienone is 4. The van der Waals surface area contributed by atoms with Crippen molar-refractivity contribution in [2.75, 3.05) is 12.3 Å². The fourth-order valence-corrected chi connectivity index (χ4v) is 10.5. The second kappa shape index (κ2) is 11.3. The zero-order chi connectivity index (χ0) is 34.5. The fraction of sp³-hybridized carbons (Fsp3) is 0.472. The number of carbonyl (C=O) groups is 2. The van der Waals surface area contributed by atoms with Crippen molar-refractivity contribution in [2.24, 2.45) is 28.6 Å². The summed E-state index contributed by atoms with van der Waals surface area (Å²) in [4.78, 5) is 49.7. The number of aliphatic hydroxyl groups excluding tert-OH is 1. The number of hydrogen-bond acceptors (Lipinski definition) is 10. The summed E-state index contributed by atoms with van der Waals surface area (Å²) in [5, 5.41) is 11.9. The zero-order valence-electron chi connectivity index (χ0n) is 27.2. The average molecular weight is 691 g/mol. The Morgan fingerprint density at radius 2 is 1.96 bits per heavy atom. The van der Waals surface area contributed by atoms with Crippen LogP contribution in [0.2, 0.25) is 0 Å². The molecule has 0 spiro atoms. The summed E-state index contributed by atoms with van der Waals surface area (Å²) in [5.41, 5.74) is 8.48. The van der Waals surface area contributed by atoms with Gasteiger partial charge in [0.25, 0.3) is 0 Å². The number of oxazole rings is 1. The first-order valence-electron chi connectivity index (χ1n) is 16.6. The molecule has 1 aliphatic heterocycles. The number of ketones is 2. The predicted molar refractivity (Wildman–Crippen MR) is 175 cm³/mol. The summed E-state index contributed by atoms with van der Waals surface area (Å²) in [6.45, 7) is 3.14. The van der Waals surface area contributed by atoms with Gasteiger partial charge in [0.15, 0.2) is 35.4 Å². The first-order chi connectivity index (χ1) is 23.2. The molecule has 8 rings (SSSR count). The molecular formula is C36H39N2O10P. The summed E-state index contributed by atoms with van der Waals surface area (Å²) in [6, 6.07) is 11.2. The van der Waals surface area contributed by atoms with Crippen LogP contribution in [-0.2, 0) is 34.6 Å². The van der Waals surface area contributed by atoms with Crippen LogP contribution in [0.5, 0.6) is 0 Å². The molecule has 258 valence electrons. The first-order valence-corrected chi connectivity index (χ1v) is 18.1. The minimum Gasteiger partial charge on any atom is -0.443 e. The Bertz CT molecular complexity index is 1970. The van der Waals surface area contributed by atoms with Crippen LogP contribution in [0, 0.1) is 28.6 Å². The molecule has 2 heterocycles. The average Bonchev–Trinajstić information content (AvgIpc) is 3.73. The molecule has 2 aromatic carbocycles. The van der Waals surface area contributed by atoms with Crippen molar-refractivity contribution in [1.29, 1.82) is 0 Å². The van der Waals surface area contributed by atoms with E-state index in [9.17, 15) is 29.0 Å². The summed E-state index contributed by atoms with van der Waals surface area (Å²) in [7, 11) is -4.97. The van der Waals surface area contributed by atoms with E-state index in [1.165, 1.54) is 6.39 Å². The van der Waals surface area contributed by atoms with Crippen LogP contribution < -0.4 is 5.73 Å². The normalized spacial score (nSPS) is 36.6. The van der Waals surface area contributed by atoms with Gasteiger partial charge in [-0.2, -0.15) is 0 Å². The molecule has 5 aliphatic rings. The smallest absolute Gasteiger partial charge is 0.443 e. The highest BCUT2D eigenvalue weighted by Crippen LogP contribution is 2.70. The number of ether oxygens (including phenoxy) is 2. The minimum absolute atomic E-state index is 0.0143. The number of aromatic nitrogens is 1. The Morgan fingerprint density at radius 3 is 2.71 bits per heavy atom. The molecule has 3 saturated carbocycles. The van der Waals surface area contributed by atoms with E-state index in [-0.39, 0.29) is 30.0 Å². The number of nitrogens with zero attached hydrogens (tertiary/aromatic N) is 1. The van der Waals surface area contributed by atoms with Gasteiger partial charge in [0, 0.05) is 40.0 Å². The van der Waals surface area contributed by atoms with Crippen LogP contribution in [-0.4, -0.2) is 55.9 Å². The highest BCUT2D eigenvalue weighted by molar-refractivity contribution is 7.46. The highest BCUT2D eigenvalue weighted by Gasteiger charge is 2.76. The number of phosphoric ester groups is 1. The Kier molecular flexibility index (Phi) is 7.52. The minimum atomic E-state index is -4.97. The molecular weight excluding hydrogens is 651 g/mol. The number of rotatable bonds is 7. The van der Waals surface area contributed by atoms with Gasteiger partial charge in [0.1, 0.15) is 12.1 Å². The second-order valence-electron chi connectivity index (χ2n) is 14.7. The van der Waals surface area contributed by atoms with Crippen LogP contribution in [0.1, 0.15) is 62.5 Å². The number of nitrogen functional groups attached to an aromatic ring is 1. The maximum Gasteiger partial charge on any atom is 0.470 e. The topological polar surface area (TPSA) is 192 Å². The van der Waals surface area contributed by atoms with E-state index in [2.05, 4.69) is 11.9 Å². The van der Waals surface area contributed by atoms with E-state index < -0.39 is 55.1 Å². The molecule has 0 radical (unpaired) electrons. The molecule has 1 saturated heterocycles. The third-order valence-electron chi connectivity index (χ3n) is 12.2. The second-order valence-corrected chi connectivity index (χ2v) is 16.0. The van der Waals surface area contributed by atoms with E-state index in [0.29, 0.717) is 41.6 Å². The lowest BCUT2D eigenvalue weighted by Crippen LogP contribution is -2.63. The quantitative estimate of drug-likeness (QED) is 0.197. The lowest BCUT2D eigenvalue weighted by atomic mass is 9.46. The highest BCUT2D eigenvalue weighted by atomic mass is 31.2. The van der Waals surface area contributed by atoms with Gasteiger partial charge >= 0.3 is 7.82 Å². The maximum absolute atomic E-state index is 14.3. The van der Waals surface area contributed by atoms with Crippen molar-refractivity contribution in [1.82, 2.24) is 4.98 Å². The van der Waals surface area contributed by atoms with Gasteiger partial charge in [-0.1, -0.05) is 49.8 Å². The predicted octanol–water partition coefficient (Wildman–Crippen LogP) is 4.72. The molecule has 13 heteroatoms. The molecule has 3 aromatic rings. The van der Waals surface area contributed by atoms with Gasteiger partial charge in [-0.15, -0.1) is 0 Å². The van der Waals surface area contributed by atoms with Crippen LogP contribution >= 0.6 is 7.82 Å². The largest absolute Gasteiger partial charge is 0.470 e. The number of nitrogens with two attached hydrogens (primary N) is 1. The third-order valence-corrected chi connectivity index (χ3v) is 12.7. The molecule has 0 amide bonds. The van der Waals surface area contributed by atoms with Crippen molar-refractivity contribution in [2.45, 2.75) is 70.1 Å². The molecule has 1 aromatic heterocycles. The van der Waals surface area contributed by atoms with Gasteiger partial charge in [0.05, 0.1) is 12.2 Å². The maximum atomic E-state index is 14.3. The van der Waals surface area contributed by atoms with Crippen molar-refractivity contribution in [3.8, 4) is 0 Å². The van der Waals surface area contributed by atoms with Crippen LogP contribution in [0.4, 0.5) is 5.69 Å². The third kappa shape index (κ3) is 5.03. The molecule has 12 nitrogen and oxygen atoms in total. The van der Waals surface area contributed by atoms with Gasteiger partial charge in [-0.25, -0.2) is 9.55 Å².